The Balaban J connectivity index is 1.73. The first-order chi connectivity index (χ1) is 14.1. The molecule has 2 N–H and O–H groups in total. The van der Waals surface area contributed by atoms with Gasteiger partial charge in [-0.1, -0.05) is 0 Å². The molecule has 2 aromatic heterocycles. The minimum atomic E-state index is -0.363. The molecule has 8 heteroatoms. The highest BCUT2D eigenvalue weighted by atomic mass is 32.1. The van der Waals surface area contributed by atoms with E-state index in [9.17, 15) is 9.59 Å². The Morgan fingerprint density at radius 2 is 2.07 bits per heavy atom. The van der Waals surface area contributed by atoms with Gasteiger partial charge in [0.2, 0.25) is 5.43 Å². The summed E-state index contributed by atoms with van der Waals surface area (Å²) in [4.78, 5) is 28.5. The van der Waals surface area contributed by atoms with E-state index in [1.807, 2.05) is 7.05 Å². The summed E-state index contributed by atoms with van der Waals surface area (Å²) < 4.78 is 20.4. The van der Waals surface area contributed by atoms with Crippen LogP contribution in [-0.2, 0) is 6.42 Å². The summed E-state index contributed by atoms with van der Waals surface area (Å²) in [5.74, 6) is -0.332. The molecule has 2 atom stereocenters. The fraction of sp³-hybridized carbons (Fsp3) is 0.524. The molecule has 1 aliphatic carbocycles. The Labute approximate surface area is 170 Å². The van der Waals surface area contributed by atoms with Gasteiger partial charge in [0.15, 0.2) is 0 Å². The Kier molecular flexibility index (Phi) is 3.75. The second-order valence-corrected chi connectivity index (χ2v) is 9.44. The van der Waals surface area contributed by atoms with E-state index in [1.54, 1.807) is 0 Å². The summed E-state index contributed by atoms with van der Waals surface area (Å²) in [6.45, 7) is 0.782. The molecule has 6 nitrogen and oxygen atoms in total. The van der Waals surface area contributed by atoms with E-state index in [-0.39, 0.29) is 28.2 Å². The lowest BCUT2D eigenvalue weighted by Gasteiger charge is -2.28. The number of rotatable bonds is 2. The summed E-state index contributed by atoms with van der Waals surface area (Å²) in [6, 6.07) is 2.35. The van der Waals surface area contributed by atoms with Gasteiger partial charge in [-0.25, -0.2) is 4.39 Å². The van der Waals surface area contributed by atoms with Crippen LogP contribution < -0.4 is 21.2 Å². The highest BCUT2D eigenvalue weighted by Gasteiger charge is 2.38. The van der Waals surface area contributed by atoms with Gasteiger partial charge in [0.1, 0.15) is 16.0 Å². The van der Waals surface area contributed by atoms with Crippen molar-refractivity contribution in [2.45, 2.75) is 56.7 Å². The van der Waals surface area contributed by atoms with Crippen molar-refractivity contribution in [2.24, 2.45) is 0 Å². The van der Waals surface area contributed by atoms with Gasteiger partial charge in [-0.05, 0) is 63.2 Å². The van der Waals surface area contributed by atoms with Crippen LogP contribution in [0.3, 0.4) is 0 Å². The van der Waals surface area contributed by atoms with Crippen molar-refractivity contribution in [3.05, 3.63) is 38.0 Å². The first kappa shape index (κ1) is 17.7. The average molecular weight is 415 g/mol. The van der Waals surface area contributed by atoms with Crippen LogP contribution in [0.2, 0.25) is 0 Å². The predicted octanol–water partition coefficient (Wildman–Crippen LogP) is 2.88. The molecule has 4 heterocycles. The van der Waals surface area contributed by atoms with Crippen molar-refractivity contribution in [2.75, 3.05) is 18.5 Å². The average Bonchev–Trinajstić information content (AvgIpc) is 3.40. The minimum absolute atomic E-state index is 0.177. The molecule has 2 aliphatic heterocycles. The van der Waals surface area contributed by atoms with Crippen LogP contribution in [0, 0.1) is 5.82 Å². The number of hydrogen-bond donors (Lipinski definition) is 2. The smallest absolute Gasteiger partial charge is 0.271 e. The number of nitrogens with zero attached hydrogens (tertiary/aromatic N) is 2. The van der Waals surface area contributed by atoms with E-state index in [4.69, 9.17) is 0 Å². The second-order valence-electron chi connectivity index (χ2n) is 8.65. The third-order valence-corrected chi connectivity index (χ3v) is 7.80. The van der Waals surface area contributed by atoms with Crippen LogP contribution in [0.15, 0.2) is 15.7 Å². The maximum absolute atomic E-state index is 15.5. The molecular formula is C21H23FN4O2S. The first-order valence-corrected chi connectivity index (χ1v) is 11.2. The Hall–Kier alpha value is -2.19. The van der Waals surface area contributed by atoms with Gasteiger partial charge < -0.3 is 14.8 Å². The molecule has 0 spiro atoms. The molecule has 1 aromatic carbocycles. The van der Waals surface area contributed by atoms with Crippen LogP contribution >= 0.6 is 11.5 Å². The van der Waals surface area contributed by atoms with Crippen molar-refractivity contribution < 1.29 is 4.39 Å². The molecule has 2 fully saturated rings. The number of hydrogen-bond acceptors (Lipinski definition) is 5. The Bertz CT molecular complexity index is 1270. The predicted molar refractivity (Wildman–Crippen MR) is 114 cm³/mol. The monoisotopic (exact) mass is 414 g/mol. The molecule has 3 aliphatic rings. The number of aryl methyl sites for hydroxylation is 1. The molecule has 0 amide bonds. The summed E-state index contributed by atoms with van der Waals surface area (Å²) >= 11 is 1.23. The number of nitrogens with one attached hydrogen (secondary N) is 2. The maximum Gasteiger partial charge on any atom is 0.271 e. The number of anilines is 1. The van der Waals surface area contributed by atoms with Gasteiger partial charge in [0, 0.05) is 35.6 Å². The fourth-order valence-corrected chi connectivity index (χ4v) is 6.36. The van der Waals surface area contributed by atoms with E-state index in [0.717, 1.165) is 56.1 Å². The molecule has 2 unspecified atom stereocenters. The van der Waals surface area contributed by atoms with E-state index < -0.39 is 0 Å². The molecule has 6 rings (SSSR count). The topological polar surface area (TPSA) is 70.1 Å². The number of benzene rings is 1. The number of halogens is 1. The molecule has 29 heavy (non-hydrogen) atoms. The molecule has 0 bridgehead atoms. The van der Waals surface area contributed by atoms with Crippen LogP contribution in [-0.4, -0.2) is 34.6 Å². The van der Waals surface area contributed by atoms with Crippen LogP contribution in [0.5, 0.6) is 0 Å². The lowest BCUT2D eigenvalue weighted by molar-refractivity contribution is 0.547. The number of aromatic amines is 1. The zero-order valence-electron chi connectivity index (χ0n) is 16.3. The number of fused-ring (bicyclic) bond motifs is 6. The fourth-order valence-electron chi connectivity index (χ4n) is 5.45. The summed E-state index contributed by atoms with van der Waals surface area (Å²) in [5.41, 5.74) is 1.77. The first-order valence-electron chi connectivity index (χ1n) is 10.4. The highest BCUT2D eigenvalue weighted by Crippen LogP contribution is 2.45. The van der Waals surface area contributed by atoms with Crippen molar-refractivity contribution in [3.8, 4) is 0 Å². The van der Waals surface area contributed by atoms with Gasteiger partial charge in [-0.3, -0.25) is 14.0 Å². The molecule has 3 aromatic rings. The van der Waals surface area contributed by atoms with Gasteiger partial charge in [0.05, 0.1) is 11.2 Å². The standard InChI is InChI=1S/C21H23FN4O2S/c1-23-10-7-12-3-2-4-13-17-14(8-15(22)18(13)25(12)9-10)19(27)16-20(28)24-29-21(16)26(17)11-5-6-11/h8,10-12,23H,2-7,9H2,1H3,(H,24,28). The van der Waals surface area contributed by atoms with Gasteiger partial charge in [0.25, 0.3) is 5.56 Å². The van der Waals surface area contributed by atoms with Crippen molar-refractivity contribution in [3.63, 3.8) is 0 Å². The molecule has 1 saturated heterocycles. The van der Waals surface area contributed by atoms with Gasteiger partial charge in [-0.15, -0.1) is 0 Å². The Morgan fingerprint density at radius 3 is 2.83 bits per heavy atom. The lowest BCUT2D eigenvalue weighted by Crippen LogP contribution is -2.32. The SMILES string of the molecule is CNC1CC2CCCc3c(c(F)cc4c(=O)c5c(=O)[nH]sc5n(C5CC5)c34)N2C1. The lowest BCUT2D eigenvalue weighted by atomic mass is 10.00. The zero-order valence-corrected chi connectivity index (χ0v) is 17.1. The molecule has 0 radical (unpaired) electrons. The quantitative estimate of drug-likeness (QED) is 0.677. The normalized spacial score (nSPS) is 24.1. The van der Waals surface area contributed by atoms with E-state index in [2.05, 4.69) is 19.2 Å². The Morgan fingerprint density at radius 1 is 1.24 bits per heavy atom. The summed E-state index contributed by atoms with van der Waals surface area (Å²) in [6.07, 6.45) is 5.84. The van der Waals surface area contributed by atoms with E-state index in [0.29, 0.717) is 28.0 Å². The minimum Gasteiger partial charge on any atom is -0.364 e. The molecule has 152 valence electrons. The van der Waals surface area contributed by atoms with Crippen LogP contribution in [0.25, 0.3) is 21.1 Å². The number of H-pyrrole nitrogens is 1. The highest BCUT2D eigenvalue weighted by molar-refractivity contribution is 7.12. The number of likely N-dealkylation sites (N-methyl/N-ethyl adjacent to an activating group) is 1. The maximum atomic E-state index is 15.5. The van der Waals surface area contributed by atoms with E-state index >= 15 is 4.39 Å². The van der Waals surface area contributed by atoms with Crippen molar-refractivity contribution >= 4 is 38.3 Å². The second kappa shape index (κ2) is 6.15. The summed E-state index contributed by atoms with van der Waals surface area (Å²) in [7, 11) is 1.96. The van der Waals surface area contributed by atoms with Crippen molar-refractivity contribution in [1.82, 2.24) is 14.3 Å². The van der Waals surface area contributed by atoms with Gasteiger partial charge >= 0.3 is 0 Å². The van der Waals surface area contributed by atoms with E-state index in [1.165, 1.54) is 17.6 Å². The largest absolute Gasteiger partial charge is 0.364 e. The van der Waals surface area contributed by atoms with Crippen LogP contribution in [0.4, 0.5) is 10.1 Å². The molecule has 1 saturated carbocycles. The van der Waals surface area contributed by atoms with Gasteiger partial charge in [-0.2, -0.15) is 0 Å². The number of aromatic nitrogens is 2. The zero-order chi connectivity index (χ0) is 19.9. The third kappa shape index (κ3) is 2.42. The molecular weight excluding hydrogens is 391 g/mol. The third-order valence-electron chi connectivity index (χ3n) is 6.92. The van der Waals surface area contributed by atoms with Crippen LogP contribution in [0.1, 0.15) is 43.7 Å². The van der Waals surface area contributed by atoms with Crippen molar-refractivity contribution in [1.29, 1.82) is 0 Å². The number of pyridine rings is 1. The summed E-state index contributed by atoms with van der Waals surface area (Å²) in [5, 5.41) is 3.88.